The topological polar surface area (TPSA) is 52.1 Å². The second-order valence-corrected chi connectivity index (χ2v) is 3.63. The van der Waals surface area contributed by atoms with Crippen LogP contribution in [0.3, 0.4) is 0 Å². The zero-order chi connectivity index (χ0) is 10.7. The van der Waals surface area contributed by atoms with Crippen LogP contribution in [0.1, 0.15) is 37.2 Å². The predicted molar refractivity (Wildman–Crippen MR) is 54.9 cm³/mol. The summed E-state index contributed by atoms with van der Waals surface area (Å²) in [4.78, 5) is 19.1. The molecule has 0 aromatic carbocycles. The minimum Gasteiger partial charge on any atom is -0.478 e. The summed E-state index contributed by atoms with van der Waals surface area (Å²) in [5, 5.41) is 0. The van der Waals surface area contributed by atoms with Crippen molar-refractivity contribution in [1.29, 1.82) is 0 Å². The van der Waals surface area contributed by atoms with E-state index in [0.717, 1.165) is 30.6 Å². The van der Waals surface area contributed by atoms with Gasteiger partial charge in [-0.25, -0.2) is 4.98 Å². The smallest absolute Gasteiger partial charge is 0.216 e. The average Bonchev–Trinajstić information content (AvgIpc) is 3.01. The Labute approximate surface area is 88.7 Å². The van der Waals surface area contributed by atoms with Gasteiger partial charge in [-0.1, -0.05) is 0 Å². The molecule has 15 heavy (non-hydrogen) atoms. The number of rotatable bonds is 5. The Hall–Kier alpha value is -1.45. The zero-order valence-corrected chi connectivity index (χ0v) is 8.77. The van der Waals surface area contributed by atoms with Crippen molar-refractivity contribution >= 4 is 6.29 Å². The molecular weight excluding hydrogens is 192 g/mol. The van der Waals surface area contributed by atoms with Gasteiger partial charge in [0, 0.05) is 18.4 Å². The van der Waals surface area contributed by atoms with E-state index in [-0.39, 0.29) is 0 Å². The molecule has 0 amide bonds. The van der Waals surface area contributed by atoms with Gasteiger partial charge in [0.15, 0.2) is 0 Å². The van der Waals surface area contributed by atoms with Crippen LogP contribution in [0, 0.1) is 0 Å². The van der Waals surface area contributed by atoms with Gasteiger partial charge >= 0.3 is 0 Å². The summed E-state index contributed by atoms with van der Waals surface area (Å²) in [6.07, 6.45) is 3.49. The summed E-state index contributed by atoms with van der Waals surface area (Å²) in [5.74, 6) is 1.90. The maximum atomic E-state index is 10.4. The Kier molecular flexibility index (Phi) is 2.94. The van der Waals surface area contributed by atoms with Crippen molar-refractivity contribution in [2.75, 3.05) is 6.61 Å². The lowest BCUT2D eigenvalue weighted by Crippen LogP contribution is -2.03. The first-order valence-corrected chi connectivity index (χ1v) is 5.27. The maximum absolute atomic E-state index is 10.4. The monoisotopic (exact) mass is 206 g/mol. The summed E-state index contributed by atoms with van der Waals surface area (Å²) < 4.78 is 5.34. The van der Waals surface area contributed by atoms with Gasteiger partial charge in [0.2, 0.25) is 5.88 Å². The van der Waals surface area contributed by atoms with Crippen molar-refractivity contribution < 1.29 is 9.53 Å². The molecule has 0 bridgehead atoms. The molecule has 1 aliphatic carbocycles. The molecule has 4 heteroatoms. The van der Waals surface area contributed by atoms with Crippen LogP contribution < -0.4 is 4.74 Å². The molecule has 4 nitrogen and oxygen atoms in total. The lowest BCUT2D eigenvalue weighted by molar-refractivity contribution is -0.107. The molecule has 0 aliphatic heterocycles. The van der Waals surface area contributed by atoms with Crippen LogP contribution in [0.15, 0.2) is 6.07 Å². The number of carbonyl (C=O) groups excluding carboxylic acids is 1. The predicted octanol–water partition coefficient (Wildman–Crippen LogP) is 1.49. The summed E-state index contributed by atoms with van der Waals surface area (Å²) >= 11 is 0. The first-order chi connectivity index (χ1) is 7.33. The molecule has 1 aromatic rings. The molecule has 1 aliphatic rings. The van der Waals surface area contributed by atoms with Crippen molar-refractivity contribution in [3.05, 3.63) is 17.6 Å². The van der Waals surface area contributed by atoms with Crippen LogP contribution in [-0.2, 0) is 11.2 Å². The normalized spacial score (nSPS) is 15.0. The van der Waals surface area contributed by atoms with Gasteiger partial charge in [-0.15, -0.1) is 0 Å². The molecule has 1 fully saturated rings. The van der Waals surface area contributed by atoms with E-state index in [9.17, 15) is 4.79 Å². The summed E-state index contributed by atoms with van der Waals surface area (Å²) in [6.45, 7) is 2.50. The van der Waals surface area contributed by atoms with E-state index in [1.807, 2.05) is 6.92 Å². The highest BCUT2D eigenvalue weighted by Crippen LogP contribution is 2.38. The number of hydrogen-bond donors (Lipinski definition) is 0. The van der Waals surface area contributed by atoms with E-state index >= 15 is 0 Å². The Morgan fingerprint density at radius 1 is 1.53 bits per heavy atom. The third-order valence-corrected chi connectivity index (χ3v) is 2.30. The molecule has 1 saturated carbocycles. The Morgan fingerprint density at radius 2 is 2.33 bits per heavy atom. The molecular formula is C11H14N2O2. The number of hydrogen-bond acceptors (Lipinski definition) is 4. The molecule has 0 N–H and O–H groups in total. The highest BCUT2D eigenvalue weighted by molar-refractivity contribution is 5.53. The Morgan fingerprint density at radius 3 is 2.93 bits per heavy atom. The van der Waals surface area contributed by atoms with Crippen molar-refractivity contribution in [1.82, 2.24) is 9.97 Å². The molecule has 80 valence electrons. The second kappa shape index (κ2) is 4.38. The lowest BCUT2D eigenvalue weighted by atomic mass is 10.3. The largest absolute Gasteiger partial charge is 0.478 e. The first-order valence-electron chi connectivity index (χ1n) is 5.27. The van der Waals surface area contributed by atoms with Gasteiger partial charge in [-0.2, -0.15) is 4.98 Å². The fraction of sp³-hybridized carbons (Fsp3) is 0.545. The minimum absolute atomic E-state index is 0.336. The first kappa shape index (κ1) is 10.1. The van der Waals surface area contributed by atoms with Gasteiger partial charge in [0.05, 0.1) is 12.3 Å². The minimum atomic E-state index is 0.336. The van der Waals surface area contributed by atoms with E-state index in [1.54, 1.807) is 6.07 Å². The number of aromatic nitrogens is 2. The van der Waals surface area contributed by atoms with Crippen LogP contribution in [0.4, 0.5) is 0 Å². The molecule has 0 spiro atoms. The molecule has 0 atom stereocenters. The number of nitrogens with zero attached hydrogens (tertiary/aromatic N) is 2. The van der Waals surface area contributed by atoms with Gasteiger partial charge in [0.1, 0.15) is 12.1 Å². The van der Waals surface area contributed by atoms with E-state index in [0.29, 0.717) is 24.8 Å². The molecule has 1 heterocycles. The van der Waals surface area contributed by atoms with Gasteiger partial charge in [-0.3, -0.25) is 0 Å². The Bertz CT molecular complexity index is 362. The second-order valence-electron chi connectivity index (χ2n) is 3.63. The molecule has 1 aromatic heterocycles. The van der Waals surface area contributed by atoms with Crippen molar-refractivity contribution in [3.63, 3.8) is 0 Å². The average molecular weight is 206 g/mol. The van der Waals surface area contributed by atoms with E-state index < -0.39 is 0 Å². The third kappa shape index (κ3) is 2.52. The third-order valence-electron chi connectivity index (χ3n) is 2.30. The lowest BCUT2D eigenvalue weighted by Gasteiger charge is -2.06. The summed E-state index contributed by atoms with van der Waals surface area (Å²) in [5.41, 5.74) is 0.755. The fourth-order valence-electron chi connectivity index (χ4n) is 1.43. The van der Waals surface area contributed by atoms with Crippen molar-refractivity contribution in [3.8, 4) is 5.88 Å². The van der Waals surface area contributed by atoms with Gasteiger partial charge < -0.3 is 9.53 Å². The highest BCUT2D eigenvalue weighted by Gasteiger charge is 2.27. The molecule has 2 rings (SSSR count). The number of carbonyl (C=O) groups is 1. The molecule has 0 radical (unpaired) electrons. The van der Waals surface area contributed by atoms with Crippen LogP contribution in [-0.4, -0.2) is 22.9 Å². The van der Waals surface area contributed by atoms with E-state index in [4.69, 9.17) is 4.74 Å². The highest BCUT2D eigenvalue weighted by atomic mass is 16.5. The Balaban J connectivity index is 2.25. The van der Waals surface area contributed by atoms with Crippen LogP contribution in [0.2, 0.25) is 0 Å². The quantitative estimate of drug-likeness (QED) is 0.685. The van der Waals surface area contributed by atoms with Crippen LogP contribution >= 0.6 is 0 Å². The standard InChI is InChI=1S/C11H14N2O2/c1-2-15-10-7-9(5-6-14)12-11(13-10)8-3-4-8/h6-8H,2-5H2,1H3. The van der Waals surface area contributed by atoms with Crippen LogP contribution in [0.25, 0.3) is 0 Å². The summed E-state index contributed by atoms with van der Waals surface area (Å²) in [6, 6.07) is 1.74. The van der Waals surface area contributed by atoms with Gasteiger partial charge in [-0.05, 0) is 19.8 Å². The van der Waals surface area contributed by atoms with E-state index in [1.165, 1.54) is 0 Å². The maximum Gasteiger partial charge on any atom is 0.216 e. The van der Waals surface area contributed by atoms with Gasteiger partial charge in [0.25, 0.3) is 0 Å². The summed E-state index contributed by atoms with van der Waals surface area (Å²) in [7, 11) is 0. The van der Waals surface area contributed by atoms with E-state index in [2.05, 4.69) is 9.97 Å². The molecule has 0 unspecified atom stereocenters. The fourth-order valence-corrected chi connectivity index (χ4v) is 1.43. The number of aldehydes is 1. The number of ether oxygens (including phenoxy) is 1. The molecule has 0 saturated heterocycles. The SMILES string of the molecule is CCOc1cc(CC=O)nc(C2CC2)n1. The van der Waals surface area contributed by atoms with Crippen molar-refractivity contribution in [2.45, 2.75) is 32.1 Å². The van der Waals surface area contributed by atoms with Crippen LogP contribution in [0.5, 0.6) is 5.88 Å². The van der Waals surface area contributed by atoms with Crippen molar-refractivity contribution in [2.24, 2.45) is 0 Å². The zero-order valence-electron chi connectivity index (χ0n) is 8.77.